The molecule has 3 aromatic rings. The molecule has 0 aliphatic rings. The van der Waals surface area contributed by atoms with E-state index in [-0.39, 0.29) is 22.4 Å². The Balaban J connectivity index is 2.15. The van der Waals surface area contributed by atoms with Gasteiger partial charge in [0.1, 0.15) is 11.3 Å². The molecule has 9 nitrogen and oxygen atoms in total. The second-order valence-electron chi connectivity index (χ2n) is 6.08. The van der Waals surface area contributed by atoms with Gasteiger partial charge >= 0.3 is 0 Å². The number of nitro groups is 1. The van der Waals surface area contributed by atoms with Crippen LogP contribution in [-0.2, 0) is 10.1 Å². The monoisotopic (exact) mass is 402 g/mol. The normalized spacial score (nSPS) is 11.4. The summed E-state index contributed by atoms with van der Waals surface area (Å²) in [6, 6.07) is 10.3. The molecule has 0 fully saturated rings. The molecule has 0 heterocycles. The average Bonchev–Trinajstić information content (AvgIpc) is 2.60. The Morgan fingerprint density at radius 3 is 2.46 bits per heavy atom. The van der Waals surface area contributed by atoms with Gasteiger partial charge in [0.2, 0.25) is 0 Å². The fourth-order valence-electron chi connectivity index (χ4n) is 2.75. The summed E-state index contributed by atoms with van der Waals surface area (Å²) in [5.74, 6) is -0.979. The van der Waals surface area contributed by atoms with Crippen molar-refractivity contribution in [1.29, 1.82) is 0 Å². The van der Waals surface area contributed by atoms with Crippen molar-refractivity contribution in [1.82, 2.24) is 0 Å². The van der Waals surface area contributed by atoms with E-state index in [1.165, 1.54) is 42.5 Å². The van der Waals surface area contributed by atoms with Crippen LogP contribution in [0.3, 0.4) is 0 Å². The van der Waals surface area contributed by atoms with Crippen molar-refractivity contribution in [2.75, 3.05) is 5.32 Å². The highest BCUT2D eigenvalue weighted by Gasteiger charge is 2.22. The van der Waals surface area contributed by atoms with Crippen molar-refractivity contribution in [3.8, 4) is 5.75 Å². The summed E-state index contributed by atoms with van der Waals surface area (Å²) in [6.45, 7) is 1.64. The number of nitrogens with zero attached hydrogens (tertiary/aromatic N) is 1. The fourth-order valence-corrected chi connectivity index (χ4v) is 3.29. The Morgan fingerprint density at radius 2 is 1.82 bits per heavy atom. The second-order valence-corrected chi connectivity index (χ2v) is 7.50. The average molecular weight is 402 g/mol. The molecule has 0 radical (unpaired) electrons. The molecule has 10 heteroatoms. The van der Waals surface area contributed by atoms with Gasteiger partial charge < -0.3 is 10.4 Å². The van der Waals surface area contributed by atoms with Crippen LogP contribution in [0.4, 0.5) is 11.4 Å². The van der Waals surface area contributed by atoms with E-state index in [0.29, 0.717) is 10.9 Å². The number of nitro benzene ring substituents is 1. The van der Waals surface area contributed by atoms with Crippen molar-refractivity contribution in [3.63, 3.8) is 0 Å². The molecule has 0 aromatic heterocycles. The number of aromatic hydroxyl groups is 1. The molecule has 0 aliphatic heterocycles. The summed E-state index contributed by atoms with van der Waals surface area (Å²) >= 11 is 0. The Morgan fingerprint density at radius 1 is 1.11 bits per heavy atom. The maximum Gasteiger partial charge on any atom is 0.294 e. The second kappa shape index (κ2) is 6.91. The largest absolute Gasteiger partial charge is 0.508 e. The minimum absolute atomic E-state index is 0.0408. The number of nitrogens with one attached hydrogen (secondary N) is 1. The van der Waals surface area contributed by atoms with Gasteiger partial charge in [-0.05, 0) is 48.2 Å². The molecule has 144 valence electrons. The number of phenols is 1. The number of anilines is 1. The zero-order chi connectivity index (χ0) is 20.6. The van der Waals surface area contributed by atoms with Crippen LogP contribution < -0.4 is 5.32 Å². The van der Waals surface area contributed by atoms with Crippen molar-refractivity contribution < 1.29 is 27.8 Å². The first-order valence-electron chi connectivity index (χ1n) is 7.87. The van der Waals surface area contributed by atoms with Crippen molar-refractivity contribution in [2.24, 2.45) is 0 Å². The highest BCUT2D eigenvalue weighted by atomic mass is 32.2. The number of carbonyl (C=O) groups is 1. The summed E-state index contributed by atoms with van der Waals surface area (Å²) in [5.41, 5.74) is -0.0790. The standard InChI is InChI=1S/C18H14N2O7S/c1-10-2-5-14(17(6-10)20(23)24)18(22)19-16-9-13(28(25,26)27)7-11-3-4-12(21)8-15(11)16/h2-9,21H,1H3,(H,19,22)(H,25,26,27). The lowest BCUT2D eigenvalue weighted by Crippen LogP contribution is -2.15. The Bertz CT molecular complexity index is 1240. The van der Waals surface area contributed by atoms with Crippen LogP contribution in [0.15, 0.2) is 53.4 Å². The lowest BCUT2D eigenvalue weighted by molar-refractivity contribution is -0.385. The van der Waals surface area contributed by atoms with Gasteiger partial charge in [0.15, 0.2) is 0 Å². The first-order chi connectivity index (χ1) is 13.1. The molecule has 0 atom stereocenters. The lowest BCUT2D eigenvalue weighted by Gasteiger charge is -2.12. The zero-order valence-electron chi connectivity index (χ0n) is 14.4. The van der Waals surface area contributed by atoms with E-state index < -0.39 is 31.5 Å². The van der Waals surface area contributed by atoms with Crippen molar-refractivity contribution >= 4 is 38.2 Å². The van der Waals surface area contributed by atoms with E-state index >= 15 is 0 Å². The molecule has 0 saturated carbocycles. The molecule has 0 bridgehead atoms. The van der Waals surface area contributed by atoms with Crippen LogP contribution in [-0.4, -0.2) is 28.9 Å². The molecule has 1 amide bonds. The topological polar surface area (TPSA) is 147 Å². The maximum atomic E-state index is 12.7. The highest BCUT2D eigenvalue weighted by molar-refractivity contribution is 7.85. The molecule has 0 spiro atoms. The van der Waals surface area contributed by atoms with Gasteiger partial charge in [0.05, 0.1) is 15.5 Å². The van der Waals surface area contributed by atoms with Gasteiger partial charge in [0, 0.05) is 11.5 Å². The van der Waals surface area contributed by atoms with Gasteiger partial charge in [-0.15, -0.1) is 0 Å². The van der Waals surface area contributed by atoms with E-state index in [9.17, 15) is 33.0 Å². The lowest BCUT2D eigenvalue weighted by atomic mass is 10.1. The smallest absolute Gasteiger partial charge is 0.294 e. The summed E-state index contributed by atoms with van der Waals surface area (Å²) < 4.78 is 32.4. The van der Waals surface area contributed by atoms with E-state index in [2.05, 4.69) is 5.32 Å². The van der Waals surface area contributed by atoms with Crippen LogP contribution >= 0.6 is 0 Å². The Hall–Kier alpha value is -3.50. The minimum Gasteiger partial charge on any atom is -0.508 e. The summed E-state index contributed by atoms with van der Waals surface area (Å²) in [4.78, 5) is 22.7. The number of rotatable bonds is 4. The molecule has 0 aliphatic carbocycles. The van der Waals surface area contributed by atoms with E-state index in [0.717, 1.165) is 6.07 Å². The molecule has 28 heavy (non-hydrogen) atoms. The maximum absolute atomic E-state index is 12.7. The minimum atomic E-state index is -4.58. The predicted octanol–water partition coefficient (Wildman–Crippen LogP) is 3.26. The van der Waals surface area contributed by atoms with E-state index in [1.54, 1.807) is 6.92 Å². The van der Waals surface area contributed by atoms with Crippen molar-refractivity contribution in [3.05, 3.63) is 69.8 Å². The third-order valence-electron chi connectivity index (χ3n) is 4.05. The number of amides is 1. The number of phenolic OH excluding ortho intramolecular Hbond substituents is 1. The number of aryl methyl sites for hydroxylation is 1. The van der Waals surface area contributed by atoms with Crippen LogP contribution in [0.1, 0.15) is 15.9 Å². The third kappa shape index (κ3) is 3.77. The molecule has 0 saturated heterocycles. The molecule has 0 unspecified atom stereocenters. The van der Waals surface area contributed by atoms with Crippen LogP contribution in [0.25, 0.3) is 10.8 Å². The fraction of sp³-hybridized carbons (Fsp3) is 0.0556. The quantitative estimate of drug-likeness (QED) is 0.345. The van der Waals surface area contributed by atoms with Gasteiger partial charge in [-0.2, -0.15) is 8.42 Å². The summed E-state index contributed by atoms with van der Waals surface area (Å²) in [6.07, 6.45) is 0. The molecule has 3 rings (SSSR count). The van der Waals surface area contributed by atoms with Gasteiger partial charge in [-0.3, -0.25) is 19.5 Å². The first kappa shape index (κ1) is 19.3. The molecular formula is C18H14N2O7S. The SMILES string of the molecule is Cc1ccc(C(=O)Nc2cc(S(=O)(=O)O)cc3ccc(O)cc23)c([N+](=O)[O-])c1. The molecule has 3 aromatic carbocycles. The summed E-state index contributed by atoms with van der Waals surface area (Å²) in [7, 11) is -4.58. The van der Waals surface area contributed by atoms with E-state index in [4.69, 9.17) is 0 Å². The van der Waals surface area contributed by atoms with E-state index in [1.807, 2.05) is 0 Å². The van der Waals surface area contributed by atoms with Crippen LogP contribution in [0.2, 0.25) is 0 Å². The number of fused-ring (bicyclic) bond motifs is 1. The number of benzene rings is 3. The van der Waals surface area contributed by atoms with Gasteiger partial charge in [-0.1, -0.05) is 12.1 Å². The number of carbonyl (C=O) groups excluding carboxylic acids is 1. The highest BCUT2D eigenvalue weighted by Crippen LogP contribution is 2.31. The predicted molar refractivity (Wildman–Crippen MR) is 101 cm³/mol. The van der Waals surface area contributed by atoms with Crippen LogP contribution in [0, 0.1) is 17.0 Å². The number of hydrogen-bond donors (Lipinski definition) is 3. The van der Waals surface area contributed by atoms with Crippen molar-refractivity contribution in [2.45, 2.75) is 11.8 Å². The Labute approximate surface area is 159 Å². The first-order valence-corrected chi connectivity index (χ1v) is 9.31. The third-order valence-corrected chi connectivity index (χ3v) is 4.88. The zero-order valence-corrected chi connectivity index (χ0v) is 15.2. The molecular weight excluding hydrogens is 388 g/mol. The van der Waals surface area contributed by atoms with Gasteiger partial charge in [-0.25, -0.2) is 0 Å². The molecule has 3 N–H and O–H groups in total. The van der Waals surface area contributed by atoms with Gasteiger partial charge in [0.25, 0.3) is 21.7 Å². The van der Waals surface area contributed by atoms with Crippen LogP contribution in [0.5, 0.6) is 5.75 Å². The number of hydrogen-bond acceptors (Lipinski definition) is 6. The Kier molecular flexibility index (Phi) is 4.75. The summed E-state index contributed by atoms with van der Waals surface area (Å²) in [5, 5.41) is 24.0.